The highest BCUT2D eigenvalue weighted by Crippen LogP contribution is 2.23. The van der Waals surface area contributed by atoms with Gasteiger partial charge >= 0.3 is 5.97 Å². The van der Waals surface area contributed by atoms with Gasteiger partial charge in [-0.2, -0.15) is 0 Å². The number of carbonyl (C=O) groups excluding carboxylic acids is 3. The number of aliphatic carboxylic acids is 1. The second-order valence-corrected chi connectivity index (χ2v) is 5.73. The molecule has 0 radical (unpaired) electrons. The number of benzene rings is 1. The molecule has 2 atom stereocenters. The lowest BCUT2D eigenvalue weighted by molar-refractivity contribution is -0.142. The van der Waals surface area contributed by atoms with E-state index in [2.05, 4.69) is 5.32 Å². The average Bonchev–Trinajstić information content (AvgIpc) is 2.70. The first kappa shape index (κ1) is 16.7. The van der Waals surface area contributed by atoms with E-state index in [0.29, 0.717) is 0 Å². The van der Waals surface area contributed by atoms with Crippen molar-refractivity contribution in [2.45, 2.75) is 26.8 Å². The maximum atomic E-state index is 12.3. The first-order chi connectivity index (χ1) is 10.7. The number of aryl methyl sites for hydroxylation is 1. The van der Waals surface area contributed by atoms with Crippen molar-refractivity contribution in [1.82, 2.24) is 10.2 Å². The molecule has 2 rings (SSSR count). The normalized spacial score (nSPS) is 16.0. The Hall–Kier alpha value is -2.70. The molecule has 2 unspecified atom stereocenters. The molecule has 1 heterocycles. The van der Waals surface area contributed by atoms with Crippen molar-refractivity contribution in [2.24, 2.45) is 5.92 Å². The second-order valence-electron chi connectivity index (χ2n) is 5.73. The lowest BCUT2D eigenvalue weighted by Crippen LogP contribution is -2.46. The number of hydrogen-bond acceptors (Lipinski definition) is 4. The van der Waals surface area contributed by atoms with E-state index in [1.54, 1.807) is 25.1 Å². The fourth-order valence-electron chi connectivity index (χ4n) is 2.33. The Labute approximate surface area is 133 Å². The van der Waals surface area contributed by atoms with Gasteiger partial charge in [-0.1, -0.05) is 11.6 Å². The highest BCUT2D eigenvalue weighted by Gasteiger charge is 2.36. The van der Waals surface area contributed by atoms with Gasteiger partial charge in [0, 0.05) is 6.04 Å². The van der Waals surface area contributed by atoms with Crippen molar-refractivity contribution < 1.29 is 24.3 Å². The predicted octanol–water partition coefficient (Wildman–Crippen LogP) is 0.816. The number of imide groups is 1. The summed E-state index contributed by atoms with van der Waals surface area (Å²) < 4.78 is 0. The van der Waals surface area contributed by atoms with Crippen LogP contribution in [-0.2, 0) is 9.59 Å². The minimum absolute atomic E-state index is 0.278. The number of nitrogens with one attached hydrogen (secondary N) is 1. The van der Waals surface area contributed by atoms with E-state index in [1.165, 1.54) is 6.92 Å². The van der Waals surface area contributed by atoms with E-state index in [9.17, 15) is 19.2 Å². The Bertz CT molecular complexity index is 698. The largest absolute Gasteiger partial charge is 0.481 e. The van der Waals surface area contributed by atoms with Crippen LogP contribution in [0.5, 0.6) is 0 Å². The van der Waals surface area contributed by atoms with Gasteiger partial charge < -0.3 is 10.4 Å². The number of rotatable bonds is 5. The van der Waals surface area contributed by atoms with Crippen molar-refractivity contribution in [3.8, 4) is 0 Å². The van der Waals surface area contributed by atoms with Gasteiger partial charge in [0.15, 0.2) is 0 Å². The molecule has 0 aromatic heterocycles. The van der Waals surface area contributed by atoms with Crippen LogP contribution in [0.4, 0.5) is 0 Å². The highest BCUT2D eigenvalue weighted by molar-refractivity contribution is 6.22. The Morgan fingerprint density at radius 3 is 2.39 bits per heavy atom. The Balaban J connectivity index is 2.07. The minimum Gasteiger partial charge on any atom is -0.481 e. The third kappa shape index (κ3) is 3.23. The molecule has 1 aromatic carbocycles. The van der Waals surface area contributed by atoms with Gasteiger partial charge in [-0.3, -0.25) is 24.1 Å². The van der Waals surface area contributed by atoms with Crippen LogP contribution in [0.1, 0.15) is 40.1 Å². The van der Waals surface area contributed by atoms with E-state index in [4.69, 9.17) is 5.11 Å². The smallest absolute Gasteiger partial charge is 0.308 e. The van der Waals surface area contributed by atoms with Gasteiger partial charge in [0.2, 0.25) is 5.91 Å². The number of carboxylic acids is 1. The Morgan fingerprint density at radius 1 is 1.17 bits per heavy atom. The quantitative estimate of drug-likeness (QED) is 0.782. The monoisotopic (exact) mass is 318 g/mol. The minimum atomic E-state index is -1.03. The zero-order chi connectivity index (χ0) is 17.3. The number of amides is 3. The summed E-state index contributed by atoms with van der Waals surface area (Å²) in [5.74, 6) is -3.41. The molecule has 3 amide bonds. The van der Waals surface area contributed by atoms with E-state index in [1.807, 2.05) is 6.92 Å². The Kier molecular flexibility index (Phi) is 4.49. The maximum Gasteiger partial charge on any atom is 0.308 e. The second kappa shape index (κ2) is 6.20. The van der Waals surface area contributed by atoms with Crippen LogP contribution in [-0.4, -0.2) is 46.3 Å². The van der Waals surface area contributed by atoms with E-state index >= 15 is 0 Å². The fraction of sp³-hybridized carbons (Fsp3) is 0.375. The molecule has 2 N–H and O–H groups in total. The third-order valence-corrected chi connectivity index (χ3v) is 3.96. The van der Waals surface area contributed by atoms with Crippen LogP contribution in [0.25, 0.3) is 0 Å². The van der Waals surface area contributed by atoms with Crippen molar-refractivity contribution in [3.05, 3.63) is 34.9 Å². The van der Waals surface area contributed by atoms with Crippen molar-refractivity contribution in [1.29, 1.82) is 0 Å². The summed E-state index contributed by atoms with van der Waals surface area (Å²) in [5, 5.41) is 11.4. The van der Waals surface area contributed by atoms with E-state index < -0.39 is 42.2 Å². The molecule has 0 spiro atoms. The number of carboxylic acid groups (broad SMARTS) is 1. The summed E-state index contributed by atoms with van der Waals surface area (Å²) in [7, 11) is 0. The van der Waals surface area contributed by atoms with E-state index in [-0.39, 0.29) is 11.1 Å². The zero-order valence-electron chi connectivity index (χ0n) is 13.1. The molecule has 0 saturated heterocycles. The molecule has 7 heteroatoms. The van der Waals surface area contributed by atoms with Gasteiger partial charge in [0.1, 0.15) is 6.54 Å². The summed E-state index contributed by atoms with van der Waals surface area (Å²) in [4.78, 5) is 48.2. The van der Waals surface area contributed by atoms with Crippen LogP contribution in [0, 0.1) is 12.8 Å². The third-order valence-electron chi connectivity index (χ3n) is 3.96. The molecular weight excluding hydrogens is 300 g/mol. The van der Waals surface area contributed by atoms with Crippen LogP contribution in [0.3, 0.4) is 0 Å². The molecule has 7 nitrogen and oxygen atoms in total. The van der Waals surface area contributed by atoms with Crippen LogP contribution in [0.15, 0.2) is 18.2 Å². The number of hydrogen-bond donors (Lipinski definition) is 2. The van der Waals surface area contributed by atoms with E-state index in [0.717, 1.165) is 10.5 Å². The fourth-order valence-corrected chi connectivity index (χ4v) is 2.33. The SMILES string of the molecule is Cc1ccc2c(c1)C(=O)N(CC(=O)NC(C)C(C)C(=O)O)C2=O. The molecule has 0 aliphatic carbocycles. The number of carbonyl (C=O) groups is 4. The van der Waals surface area contributed by atoms with Crippen molar-refractivity contribution >= 4 is 23.7 Å². The predicted molar refractivity (Wildman–Crippen MR) is 81.0 cm³/mol. The summed E-state index contributed by atoms with van der Waals surface area (Å²) in [6, 6.07) is 4.29. The van der Waals surface area contributed by atoms with Gasteiger partial charge in [-0.25, -0.2) is 0 Å². The average molecular weight is 318 g/mol. The molecule has 122 valence electrons. The van der Waals surface area contributed by atoms with Gasteiger partial charge in [0.05, 0.1) is 17.0 Å². The molecule has 1 aromatic rings. The molecule has 1 aliphatic heterocycles. The standard InChI is InChI=1S/C16H18N2O5/c1-8-4-5-11-12(6-8)15(21)18(14(11)20)7-13(19)17-10(3)9(2)16(22)23/h4-6,9-10H,7H2,1-3H3,(H,17,19)(H,22,23). The highest BCUT2D eigenvalue weighted by atomic mass is 16.4. The van der Waals surface area contributed by atoms with Gasteiger partial charge in [-0.15, -0.1) is 0 Å². The van der Waals surface area contributed by atoms with Gasteiger partial charge in [-0.05, 0) is 32.9 Å². The number of fused-ring (bicyclic) bond motifs is 1. The summed E-state index contributed by atoms with van der Waals surface area (Å²) in [5.41, 5.74) is 1.41. The Morgan fingerprint density at radius 2 is 1.78 bits per heavy atom. The summed E-state index contributed by atoms with van der Waals surface area (Å²) >= 11 is 0. The molecule has 1 aliphatic rings. The van der Waals surface area contributed by atoms with Crippen LogP contribution in [0.2, 0.25) is 0 Å². The van der Waals surface area contributed by atoms with Gasteiger partial charge in [0.25, 0.3) is 11.8 Å². The molecule has 23 heavy (non-hydrogen) atoms. The summed E-state index contributed by atoms with van der Waals surface area (Å²) in [6.07, 6.45) is 0. The van der Waals surface area contributed by atoms with Crippen LogP contribution < -0.4 is 5.32 Å². The molecule has 0 bridgehead atoms. The maximum absolute atomic E-state index is 12.3. The first-order valence-corrected chi connectivity index (χ1v) is 7.21. The molecule has 0 fully saturated rings. The lowest BCUT2D eigenvalue weighted by atomic mass is 10.0. The number of nitrogens with zero attached hydrogens (tertiary/aromatic N) is 1. The topological polar surface area (TPSA) is 104 Å². The molecule has 0 saturated carbocycles. The zero-order valence-corrected chi connectivity index (χ0v) is 13.1. The van der Waals surface area contributed by atoms with Crippen LogP contribution >= 0.6 is 0 Å². The summed E-state index contributed by atoms with van der Waals surface area (Å²) in [6.45, 7) is 4.41. The lowest BCUT2D eigenvalue weighted by Gasteiger charge is -2.20. The van der Waals surface area contributed by atoms with Crippen molar-refractivity contribution in [3.63, 3.8) is 0 Å². The van der Waals surface area contributed by atoms with Crippen molar-refractivity contribution in [2.75, 3.05) is 6.54 Å². The first-order valence-electron chi connectivity index (χ1n) is 7.21. The molecular formula is C16H18N2O5.